The van der Waals surface area contributed by atoms with E-state index in [0.717, 1.165) is 12.0 Å². The number of aryl methyl sites for hydroxylation is 1. The molecule has 0 amide bonds. The van der Waals surface area contributed by atoms with Crippen molar-refractivity contribution in [3.63, 3.8) is 0 Å². The Bertz CT molecular complexity index is 288. The molecule has 0 aliphatic rings. The first kappa shape index (κ1) is 8.71. The summed E-state index contributed by atoms with van der Waals surface area (Å²) in [7, 11) is 0. The molecule has 0 fully saturated rings. The molecule has 0 aliphatic heterocycles. The van der Waals surface area contributed by atoms with E-state index in [4.69, 9.17) is 0 Å². The molecule has 0 saturated carbocycles. The second kappa shape index (κ2) is 3.85. The Hall–Kier alpha value is -1.38. The summed E-state index contributed by atoms with van der Waals surface area (Å²) in [6.45, 7) is 5.17. The van der Waals surface area contributed by atoms with E-state index >= 15 is 0 Å². The molecule has 1 rings (SSSR count). The van der Waals surface area contributed by atoms with Crippen molar-refractivity contribution in [1.82, 2.24) is 9.78 Å². The highest BCUT2D eigenvalue weighted by Crippen LogP contribution is 2.01. The maximum Gasteiger partial charge on any atom is 0.130 e. The zero-order chi connectivity index (χ0) is 8.97. The van der Waals surface area contributed by atoms with Crippen LogP contribution in [0.15, 0.2) is 19.0 Å². The van der Waals surface area contributed by atoms with Crippen molar-refractivity contribution in [2.75, 3.05) is 0 Å². The number of nitrogens with zero attached hydrogens (tertiary/aromatic N) is 2. The Kier molecular flexibility index (Phi) is 2.80. The van der Waals surface area contributed by atoms with E-state index in [2.05, 4.69) is 11.7 Å². The lowest BCUT2D eigenvalue weighted by Gasteiger charge is -1.90. The summed E-state index contributed by atoms with van der Waals surface area (Å²) >= 11 is 0. The second-order valence-electron chi connectivity index (χ2n) is 2.71. The van der Waals surface area contributed by atoms with Crippen LogP contribution < -0.4 is 0 Å². The minimum absolute atomic E-state index is 0.210. The Morgan fingerprint density at radius 3 is 3.08 bits per heavy atom. The summed E-state index contributed by atoms with van der Waals surface area (Å²) in [6, 6.07) is 0. The van der Waals surface area contributed by atoms with Crippen molar-refractivity contribution in [2.45, 2.75) is 19.8 Å². The predicted octanol–water partition coefficient (Wildman–Crippen LogP) is 1.51. The van der Waals surface area contributed by atoms with Gasteiger partial charge in [-0.2, -0.15) is 5.10 Å². The first-order chi connectivity index (χ1) is 5.72. The first-order valence-electron chi connectivity index (χ1n) is 3.87. The number of carbonyl (C=O) groups is 1. The maximum atomic E-state index is 10.6. The molecule has 0 N–H and O–H groups in total. The summed E-state index contributed by atoms with van der Waals surface area (Å²) < 4.78 is 1.63. The minimum Gasteiger partial charge on any atom is -0.300 e. The quantitative estimate of drug-likeness (QED) is 0.676. The van der Waals surface area contributed by atoms with Gasteiger partial charge in [0.25, 0.3) is 0 Å². The molecule has 0 aromatic carbocycles. The van der Waals surface area contributed by atoms with E-state index in [1.807, 2.05) is 6.20 Å². The van der Waals surface area contributed by atoms with E-state index in [-0.39, 0.29) is 5.78 Å². The number of hydrogen-bond donors (Lipinski definition) is 0. The van der Waals surface area contributed by atoms with Crippen LogP contribution in [0.5, 0.6) is 0 Å². The number of ketones is 1. The van der Waals surface area contributed by atoms with Gasteiger partial charge in [-0.3, -0.25) is 0 Å². The lowest BCUT2D eigenvalue weighted by molar-refractivity contribution is -0.116. The summed E-state index contributed by atoms with van der Waals surface area (Å²) in [5, 5.41) is 4.00. The molecule has 1 aromatic rings. The van der Waals surface area contributed by atoms with Crippen molar-refractivity contribution < 1.29 is 4.79 Å². The lowest BCUT2D eigenvalue weighted by atomic mass is 10.1. The topological polar surface area (TPSA) is 34.9 Å². The molecule has 0 radical (unpaired) electrons. The number of aromatic nitrogens is 2. The van der Waals surface area contributed by atoms with Crippen LogP contribution in [0.3, 0.4) is 0 Å². The highest BCUT2D eigenvalue weighted by molar-refractivity contribution is 5.75. The Morgan fingerprint density at radius 2 is 2.58 bits per heavy atom. The van der Waals surface area contributed by atoms with Crippen LogP contribution in [-0.2, 0) is 11.2 Å². The van der Waals surface area contributed by atoms with Crippen LogP contribution in [0.25, 0.3) is 6.20 Å². The van der Waals surface area contributed by atoms with E-state index in [1.54, 1.807) is 24.0 Å². The van der Waals surface area contributed by atoms with Crippen molar-refractivity contribution in [1.29, 1.82) is 0 Å². The van der Waals surface area contributed by atoms with Gasteiger partial charge in [-0.1, -0.05) is 6.58 Å². The summed E-state index contributed by atoms with van der Waals surface area (Å²) in [5.74, 6) is 0.210. The summed E-state index contributed by atoms with van der Waals surface area (Å²) in [4.78, 5) is 10.6. The Balaban J connectivity index is 2.52. The number of carbonyl (C=O) groups excluding carboxylic acids is 1. The Morgan fingerprint density at radius 1 is 1.83 bits per heavy atom. The van der Waals surface area contributed by atoms with E-state index in [0.29, 0.717) is 6.42 Å². The molecular formula is C9H12N2O. The third-order valence-electron chi connectivity index (χ3n) is 1.61. The van der Waals surface area contributed by atoms with Gasteiger partial charge in [0, 0.05) is 18.8 Å². The minimum atomic E-state index is 0.210. The summed E-state index contributed by atoms with van der Waals surface area (Å²) in [5.41, 5.74) is 1.07. The largest absolute Gasteiger partial charge is 0.300 e. The molecule has 12 heavy (non-hydrogen) atoms. The van der Waals surface area contributed by atoms with Crippen LogP contribution in [-0.4, -0.2) is 15.6 Å². The van der Waals surface area contributed by atoms with Gasteiger partial charge in [0.1, 0.15) is 5.78 Å². The lowest BCUT2D eigenvalue weighted by Crippen LogP contribution is -1.92. The standard InChI is InChI=1S/C9H12N2O/c1-3-11-7-9(6-10-11)5-4-8(2)12/h3,6-7H,1,4-5H2,2H3. The van der Waals surface area contributed by atoms with Gasteiger partial charge >= 0.3 is 0 Å². The zero-order valence-corrected chi connectivity index (χ0v) is 7.16. The Labute approximate surface area is 71.7 Å². The molecule has 0 atom stereocenters. The van der Waals surface area contributed by atoms with Gasteiger partial charge in [0.15, 0.2) is 0 Å². The normalized spacial score (nSPS) is 9.75. The molecule has 1 aromatic heterocycles. The van der Waals surface area contributed by atoms with Gasteiger partial charge < -0.3 is 4.79 Å². The van der Waals surface area contributed by atoms with Crippen molar-refractivity contribution in [3.8, 4) is 0 Å². The van der Waals surface area contributed by atoms with E-state index < -0.39 is 0 Å². The fourth-order valence-corrected chi connectivity index (χ4v) is 0.927. The molecule has 64 valence electrons. The molecule has 0 saturated heterocycles. The van der Waals surface area contributed by atoms with Gasteiger partial charge in [-0.25, -0.2) is 4.68 Å². The number of Topliss-reactive ketones (excluding diaryl/α,β-unsaturated/α-hetero) is 1. The molecular weight excluding hydrogens is 152 g/mol. The average molecular weight is 164 g/mol. The predicted molar refractivity (Wildman–Crippen MR) is 47.6 cm³/mol. The SMILES string of the molecule is C=Cn1cc(CCC(C)=O)cn1. The zero-order valence-electron chi connectivity index (χ0n) is 7.16. The van der Waals surface area contributed by atoms with Gasteiger partial charge in [-0.15, -0.1) is 0 Å². The molecule has 0 unspecified atom stereocenters. The number of rotatable bonds is 4. The second-order valence-corrected chi connectivity index (χ2v) is 2.71. The fourth-order valence-electron chi connectivity index (χ4n) is 0.927. The van der Waals surface area contributed by atoms with Gasteiger partial charge in [-0.05, 0) is 18.9 Å². The smallest absolute Gasteiger partial charge is 0.130 e. The van der Waals surface area contributed by atoms with Crippen molar-refractivity contribution in [2.24, 2.45) is 0 Å². The first-order valence-corrected chi connectivity index (χ1v) is 3.87. The molecule has 0 spiro atoms. The van der Waals surface area contributed by atoms with E-state index in [1.165, 1.54) is 0 Å². The molecule has 1 heterocycles. The van der Waals surface area contributed by atoms with Crippen molar-refractivity contribution >= 4 is 12.0 Å². The molecule has 0 aliphatic carbocycles. The van der Waals surface area contributed by atoms with Gasteiger partial charge in [0.05, 0.1) is 6.20 Å². The monoisotopic (exact) mass is 164 g/mol. The fraction of sp³-hybridized carbons (Fsp3) is 0.333. The van der Waals surface area contributed by atoms with Crippen LogP contribution in [0.1, 0.15) is 18.9 Å². The number of hydrogen-bond acceptors (Lipinski definition) is 2. The average Bonchev–Trinajstić information content (AvgIpc) is 2.48. The third kappa shape index (κ3) is 2.34. The molecule has 0 bridgehead atoms. The highest BCUT2D eigenvalue weighted by Gasteiger charge is 1.98. The third-order valence-corrected chi connectivity index (χ3v) is 1.61. The van der Waals surface area contributed by atoms with Gasteiger partial charge in [0.2, 0.25) is 0 Å². The molecule has 3 nitrogen and oxygen atoms in total. The van der Waals surface area contributed by atoms with Crippen LogP contribution in [0.2, 0.25) is 0 Å². The van der Waals surface area contributed by atoms with Crippen LogP contribution >= 0.6 is 0 Å². The van der Waals surface area contributed by atoms with Crippen LogP contribution in [0.4, 0.5) is 0 Å². The highest BCUT2D eigenvalue weighted by atomic mass is 16.1. The molecule has 3 heteroatoms. The van der Waals surface area contributed by atoms with E-state index in [9.17, 15) is 4.79 Å². The van der Waals surface area contributed by atoms with Crippen molar-refractivity contribution in [3.05, 3.63) is 24.5 Å². The summed E-state index contributed by atoms with van der Waals surface area (Å²) in [6.07, 6.45) is 6.60. The van der Waals surface area contributed by atoms with Crippen LogP contribution in [0, 0.1) is 0 Å². The maximum absolute atomic E-state index is 10.6.